The maximum absolute atomic E-state index is 12.8. The van der Waals surface area contributed by atoms with E-state index in [1.165, 1.54) is 6.92 Å². The number of aliphatic carboxylic acids is 2. The molecule has 4 rings (SSSR count). The second-order valence-corrected chi connectivity index (χ2v) is 22.7. The van der Waals surface area contributed by atoms with E-state index in [0.29, 0.717) is 38.5 Å². The molecule has 0 bridgehead atoms. The van der Waals surface area contributed by atoms with Gasteiger partial charge in [-0.2, -0.15) is 25.3 Å². The molecular formula is C44H74N2O32S3. The zero-order valence-corrected chi connectivity index (χ0v) is 46.8. The Kier molecular flexibility index (Phi) is 27.4. The van der Waals surface area contributed by atoms with Gasteiger partial charge in [-0.15, -0.1) is 0 Å². The Labute approximate surface area is 466 Å². The molecule has 0 saturated carbocycles. The molecule has 4 aliphatic rings. The van der Waals surface area contributed by atoms with Crippen LogP contribution in [0.25, 0.3) is 0 Å². The second-order valence-electron chi connectivity index (χ2n) is 19.5. The van der Waals surface area contributed by atoms with Gasteiger partial charge in [-0.05, 0) is 25.7 Å². The lowest BCUT2D eigenvalue weighted by Crippen LogP contribution is -2.70. The minimum Gasteiger partial charge on any atom is -0.479 e. The summed E-state index contributed by atoms with van der Waals surface area (Å²) >= 11 is 0. The van der Waals surface area contributed by atoms with Crippen molar-refractivity contribution in [1.82, 2.24) is 10.6 Å². The van der Waals surface area contributed by atoms with E-state index in [1.54, 1.807) is 0 Å². The van der Waals surface area contributed by atoms with Crippen LogP contribution in [0.4, 0.5) is 0 Å². The number of aliphatic hydroxyl groups is 5. The number of Topliss-reactive ketones (excluding diaryl/α,β-unsaturated/α-hetero) is 1. The molecule has 0 radical (unpaired) electrons. The van der Waals surface area contributed by atoms with Gasteiger partial charge in [0.05, 0.1) is 12.7 Å². The first-order chi connectivity index (χ1) is 37.8. The van der Waals surface area contributed by atoms with E-state index in [4.69, 9.17) is 37.9 Å². The molecule has 470 valence electrons. The van der Waals surface area contributed by atoms with Gasteiger partial charge in [-0.1, -0.05) is 58.8 Å². The molecule has 4 aliphatic heterocycles. The standard InChI is InChI=1S/C44H74N2O32S3/c1-5-7-8-10-13-16-22(49)17-14-11-9-12-15-18-68-43-35(77-80(62,63)64)30(53)33(37(75-43)39(55)56)74-42-26(46-21(4)48)29(52)32(24(71-42)19-69-79(59,60)61)72-44-36(78-81(65,66)67)31(54)34(38(76-44)40(57)58)73-41-25(45-20(3)47)28(51)27(50)23(6-2)70-41/h23-38,41-44,50-54H,5-19H2,1-4H3,(H,45,47)(H,46,48)(H,55,56)(H,57,58)(H,59,60,61)(H,62,63,64)(H,65,66,67). The van der Waals surface area contributed by atoms with Crippen LogP contribution in [0.3, 0.4) is 0 Å². The molecule has 34 nitrogen and oxygen atoms in total. The molecule has 37 heteroatoms. The van der Waals surface area contributed by atoms with Crippen molar-refractivity contribution >= 4 is 60.7 Å². The van der Waals surface area contributed by atoms with Crippen molar-refractivity contribution in [3.63, 3.8) is 0 Å². The number of rotatable bonds is 33. The summed E-state index contributed by atoms with van der Waals surface area (Å²) in [5.41, 5.74) is 0. The van der Waals surface area contributed by atoms with Crippen LogP contribution in [0.5, 0.6) is 0 Å². The molecule has 4 heterocycles. The van der Waals surface area contributed by atoms with Crippen molar-refractivity contribution in [3.8, 4) is 0 Å². The van der Waals surface area contributed by atoms with Crippen LogP contribution >= 0.6 is 0 Å². The molecule has 0 aliphatic carbocycles. The van der Waals surface area contributed by atoms with Crippen molar-refractivity contribution in [1.29, 1.82) is 0 Å². The molecule has 0 aromatic rings. The average Bonchev–Trinajstić information content (AvgIpc) is 3.40. The molecule has 0 aromatic carbocycles. The number of carbonyl (C=O) groups excluding carboxylic acids is 3. The second kappa shape index (κ2) is 31.7. The summed E-state index contributed by atoms with van der Waals surface area (Å²) in [5, 5.41) is 81.7. The Morgan fingerprint density at radius 3 is 1.37 bits per heavy atom. The third-order valence-electron chi connectivity index (χ3n) is 13.2. The summed E-state index contributed by atoms with van der Waals surface area (Å²) in [6.07, 6.45) is -33.0. The third-order valence-corrected chi connectivity index (χ3v) is 14.6. The van der Waals surface area contributed by atoms with Crippen LogP contribution in [0.15, 0.2) is 0 Å². The predicted molar refractivity (Wildman–Crippen MR) is 262 cm³/mol. The Morgan fingerprint density at radius 1 is 0.481 bits per heavy atom. The normalized spacial score (nSPS) is 35.0. The molecule has 4 fully saturated rings. The molecule has 4 saturated heterocycles. The van der Waals surface area contributed by atoms with Gasteiger partial charge in [0.15, 0.2) is 49.6 Å². The summed E-state index contributed by atoms with van der Waals surface area (Å²) in [7, 11) is -16.9. The first-order valence-corrected chi connectivity index (χ1v) is 29.9. The van der Waals surface area contributed by atoms with Crippen LogP contribution in [-0.4, -0.2) is 240 Å². The van der Waals surface area contributed by atoms with Gasteiger partial charge < -0.3 is 84.3 Å². The van der Waals surface area contributed by atoms with Crippen molar-refractivity contribution in [2.75, 3.05) is 13.2 Å². The zero-order chi connectivity index (χ0) is 60.7. The summed E-state index contributed by atoms with van der Waals surface area (Å²) in [6, 6.07) is -3.92. The number of nitrogens with one attached hydrogen (secondary N) is 2. The van der Waals surface area contributed by atoms with Crippen LogP contribution in [-0.2, 0) is 106 Å². The van der Waals surface area contributed by atoms with E-state index in [-0.39, 0.29) is 25.2 Å². The highest BCUT2D eigenvalue weighted by molar-refractivity contribution is 7.81. The number of ketones is 1. The highest BCUT2D eigenvalue weighted by Gasteiger charge is 2.59. The molecule has 12 N–H and O–H groups in total. The monoisotopic (exact) mass is 1240 g/mol. The summed E-state index contributed by atoms with van der Waals surface area (Å²) in [4.78, 5) is 62.6. The minimum absolute atomic E-state index is 0.0403. The molecule has 81 heavy (non-hydrogen) atoms. The minimum atomic E-state index is -5.80. The fourth-order valence-corrected chi connectivity index (χ4v) is 10.7. The first-order valence-electron chi connectivity index (χ1n) is 25.8. The molecule has 2 amide bonds. The molecule has 20 atom stereocenters. The summed E-state index contributed by atoms with van der Waals surface area (Å²) < 4.78 is 160. The maximum atomic E-state index is 12.8. The van der Waals surface area contributed by atoms with Gasteiger partial charge in [-0.25, -0.2) is 22.1 Å². The van der Waals surface area contributed by atoms with Gasteiger partial charge in [0.25, 0.3) is 0 Å². The fraction of sp³-hybridized carbons (Fsp3) is 0.886. The first kappa shape index (κ1) is 70.1. The quantitative estimate of drug-likeness (QED) is 0.0229. The molecule has 0 aromatic heterocycles. The largest absolute Gasteiger partial charge is 0.479 e. The van der Waals surface area contributed by atoms with Crippen molar-refractivity contribution in [2.45, 2.75) is 234 Å². The molecular weight excluding hydrogens is 1160 g/mol. The number of amides is 2. The van der Waals surface area contributed by atoms with E-state index in [2.05, 4.69) is 30.1 Å². The maximum Gasteiger partial charge on any atom is 0.397 e. The average molecular weight is 1240 g/mol. The van der Waals surface area contributed by atoms with Gasteiger partial charge in [0.1, 0.15) is 72.8 Å². The van der Waals surface area contributed by atoms with Crippen LogP contribution in [0, 0.1) is 0 Å². The smallest absolute Gasteiger partial charge is 0.397 e. The fourth-order valence-electron chi connectivity index (χ4n) is 9.41. The number of carboxylic acids is 2. The van der Waals surface area contributed by atoms with Gasteiger partial charge in [0, 0.05) is 33.3 Å². The van der Waals surface area contributed by atoms with E-state index in [1.807, 2.05) is 0 Å². The topological polar surface area (TPSA) is 516 Å². The van der Waals surface area contributed by atoms with E-state index in [9.17, 15) is 98.6 Å². The number of hydrogen-bond acceptors (Lipinski definition) is 27. The Bertz CT molecular complexity index is 2400. The van der Waals surface area contributed by atoms with Crippen molar-refractivity contribution in [2.24, 2.45) is 0 Å². The zero-order valence-electron chi connectivity index (χ0n) is 44.3. The summed E-state index contributed by atoms with van der Waals surface area (Å²) in [5.74, 6) is -5.80. The van der Waals surface area contributed by atoms with Gasteiger partial charge in [0.2, 0.25) is 11.8 Å². The van der Waals surface area contributed by atoms with Gasteiger partial charge >= 0.3 is 43.1 Å². The van der Waals surface area contributed by atoms with Crippen LogP contribution in [0.2, 0.25) is 0 Å². The Morgan fingerprint density at radius 2 is 0.914 bits per heavy atom. The van der Waals surface area contributed by atoms with Crippen molar-refractivity contribution in [3.05, 3.63) is 0 Å². The van der Waals surface area contributed by atoms with Gasteiger partial charge in [-0.3, -0.25) is 28.0 Å². The number of hydrogen-bond donors (Lipinski definition) is 12. The SMILES string of the molecule is CCCCCCCC(=O)CCCCCCCOC1OC(C(=O)O)C(OC2OC(COS(=O)(=O)O)C(OC3OC(C(=O)O)C(OC4OC(CC)C(O)C(O)C4NC(C)=O)C(O)C3OS(=O)(=O)O)C(O)C2NC(C)=O)C(O)C1OS(=O)(=O)O. The van der Waals surface area contributed by atoms with Crippen molar-refractivity contribution < 1.29 is 149 Å². The highest BCUT2D eigenvalue weighted by atomic mass is 32.3. The highest BCUT2D eigenvalue weighted by Crippen LogP contribution is 2.37. The molecule has 20 unspecified atom stereocenters. The van der Waals surface area contributed by atoms with E-state index in [0.717, 1.165) is 46.0 Å². The Hall–Kier alpha value is -3.36. The van der Waals surface area contributed by atoms with Crippen LogP contribution in [0.1, 0.15) is 111 Å². The number of carboxylic acid groups (broad SMARTS) is 2. The number of ether oxygens (including phenoxy) is 8. The molecule has 0 spiro atoms. The Balaban J connectivity index is 1.62. The lowest BCUT2D eigenvalue weighted by molar-refractivity contribution is -0.368. The number of unbranched alkanes of at least 4 members (excludes halogenated alkanes) is 8. The number of carbonyl (C=O) groups is 5. The predicted octanol–water partition coefficient (Wildman–Crippen LogP) is -3.08. The summed E-state index contributed by atoms with van der Waals surface area (Å²) in [6.45, 7) is 3.57. The van der Waals surface area contributed by atoms with E-state index < -0.39 is 184 Å². The third kappa shape index (κ3) is 21.6. The lowest BCUT2D eigenvalue weighted by Gasteiger charge is -2.50. The van der Waals surface area contributed by atoms with E-state index >= 15 is 0 Å². The van der Waals surface area contributed by atoms with Crippen LogP contribution < -0.4 is 10.6 Å². The number of aliphatic hydroxyl groups excluding tert-OH is 5. The lowest BCUT2D eigenvalue weighted by atomic mass is 9.93.